The van der Waals surface area contributed by atoms with Crippen molar-refractivity contribution < 1.29 is 9.59 Å². The molecule has 12 heavy (non-hydrogen) atoms. The molecule has 0 aliphatic heterocycles. The molecule has 0 saturated carbocycles. The topological polar surface area (TPSA) is 72.2 Å². The Morgan fingerprint density at radius 3 is 2.58 bits per heavy atom. The van der Waals surface area contributed by atoms with Gasteiger partial charge in [0, 0.05) is 0 Å². The molecule has 0 spiro atoms. The van der Waals surface area contributed by atoms with Gasteiger partial charge in [0.15, 0.2) is 0 Å². The Morgan fingerprint density at radius 1 is 1.67 bits per heavy atom. The molecule has 0 rings (SSSR count). The van der Waals surface area contributed by atoms with Crippen LogP contribution < -0.4 is 11.1 Å². The molecule has 1 radical (unpaired) electrons. The first-order valence-corrected chi connectivity index (χ1v) is 4.05. The molecule has 0 heterocycles. The highest BCUT2D eigenvalue weighted by Gasteiger charge is 2.13. The summed E-state index contributed by atoms with van der Waals surface area (Å²) >= 11 is 0. The highest BCUT2D eigenvalue weighted by atomic mass is 16.2. The number of carbonyl (C=O) groups is 1. The van der Waals surface area contributed by atoms with Crippen molar-refractivity contribution in [3.63, 3.8) is 0 Å². The number of nitrogens with two attached hydrogens (primary N) is 1. The molecule has 0 aliphatic carbocycles. The monoisotopic (exact) mass is 171 g/mol. The zero-order valence-corrected chi connectivity index (χ0v) is 7.46. The Kier molecular flexibility index (Phi) is 5.28. The SMILES string of the molecule is CCC[C@@H]([C]=O)NC(=O)[C@H](C)N. The van der Waals surface area contributed by atoms with Crippen molar-refractivity contribution in [2.75, 3.05) is 0 Å². The third-order valence-electron chi connectivity index (χ3n) is 1.45. The number of carbonyl (C=O) groups excluding carboxylic acids is 2. The van der Waals surface area contributed by atoms with E-state index in [4.69, 9.17) is 5.73 Å². The van der Waals surface area contributed by atoms with Crippen LogP contribution in [0.3, 0.4) is 0 Å². The summed E-state index contributed by atoms with van der Waals surface area (Å²) in [4.78, 5) is 21.2. The zero-order valence-electron chi connectivity index (χ0n) is 7.46. The standard InChI is InChI=1S/C8H15N2O2/c1-3-4-7(5-11)10-8(12)6(2)9/h6-7H,3-4,9H2,1-2H3,(H,10,12)/t6-,7-/m0/s1. The van der Waals surface area contributed by atoms with Gasteiger partial charge in [0.2, 0.25) is 12.2 Å². The second-order valence-corrected chi connectivity index (χ2v) is 2.76. The molecule has 1 amide bonds. The zero-order chi connectivity index (χ0) is 9.56. The molecule has 0 fully saturated rings. The van der Waals surface area contributed by atoms with E-state index < -0.39 is 12.1 Å². The number of hydrogen-bond acceptors (Lipinski definition) is 3. The minimum Gasteiger partial charge on any atom is -0.344 e. The van der Waals surface area contributed by atoms with Crippen molar-refractivity contribution in [3.8, 4) is 0 Å². The van der Waals surface area contributed by atoms with E-state index in [0.29, 0.717) is 6.42 Å². The van der Waals surface area contributed by atoms with Crippen molar-refractivity contribution in [2.24, 2.45) is 5.73 Å². The van der Waals surface area contributed by atoms with Gasteiger partial charge in [-0.3, -0.25) is 9.59 Å². The molecule has 0 aliphatic rings. The van der Waals surface area contributed by atoms with E-state index in [0.717, 1.165) is 6.42 Å². The van der Waals surface area contributed by atoms with Crippen molar-refractivity contribution >= 4 is 12.2 Å². The maximum atomic E-state index is 11.0. The molecule has 3 N–H and O–H groups in total. The van der Waals surface area contributed by atoms with Gasteiger partial charge in [0.05, 0.1) is 12.1 Å². The maximum absolute atomic E-state index is 11.0. The summed E-state index contributed by atoms with van der Waals surface area (Å²) in [5, 5.41) is 2.48. The van der Waals surface area contributed by atoms with E-state index in [1.54, 1.807) is 13.2 Å². The lowest BCUT2D eigenvalue weighted by Gasteiger charge is -2.12. The molecule has 0 aromatic rings. The Labute approximate surface area is 72.5 Å². The summed E-state index contributed by atoms with van der Waals surface area (Å²) in [6.45, 7) is 3.51. The van der Waals surface area contributed by atoms with Crippen molar-refractivity contribution in [1.29, 1.82) is 0 Å². The van der Waals surface area contributed by atoms with Gasteiger partial charge in [-0.25, -0.2) is 0 Å². The highest BCUT2D eigenvalue weighted by molar-refractivity contribution is 5.83. The molecule has 69 valence electrons. The molecule has 4 heteroatoms. The molecule has 0 aromatic carbocycles. The average Bonchev–Trinajstić information content (AvgIpc) is 2.03. The molecule has 4 nitrogen and oxygen atoms in total. The molecular weight excluding hydrogens is 156 g/mol. The third kappa shape index (κ3) is 4.08. The van der Waals surface area contributed by atoms with Crippen LogP contribution in [0, 0.1) is 0 Å². The lowest BCUT2D eigenvalue weighted by molar-refractivity contribution is -0.122. The van der Waals surface area contributed by atoms with Gasteiger partial charge in [0.25, 0.3) is 0 Å². The van der Waals surface area contributed by atoms with Crippen LogP contribution in [0.15, 0.2) is 0 Å². The fourth-order valence-corrected chi connectivity index (χ4v) is 0.752. The smallest absolute Gasteiger partial charge is 0.237 e. The fraction of sp³-hybridized carbons (Fsp3) is 0.750. The fourth-order valence-electron chi connectivity index (χ4n) is 0.752. The first kappa shape index (κ1) is 11.1. The Morgan fingerprint density at radius 2 is 2.25 bits per heavy atom. The van der Waals surface area contributed by atoms with Crippen LogP contribution in [0.1, 0.15) is 26.7 Å². The summed E-state index contributed by atoms with van der Waals surface area (Å²) in [6, 6.07) is -1.08. The van der Waals surface area contributed by atoms with Gasteiger partial charge in [-0.1, -0.05) is 13.3 Å². The minimum absolute atomic E-state index is 0.309. The first-order valence-electron chi connectivity index (χ1n) is 4.05. The highest BCUT2D eigenvalue weighted by Crippen LogP contribution is 1.93. The van der Waals surface area contributed by atoms with Crippen LogP contribution in [-0.2, 0) is 9.59 Å². The largest absolute Gasteiger partial charge is 0.344 e. The second-order valence-electron chi connectivity index (χ2n) is 2.76. The first-order chi connectivity index (χ1) is 5.61. The quantitative estimate of drug-likeness (QED) is 0.598. The van der Waals surface area contributed by atoms with Gasteiger partial charge in [-0.2, -0.15) is 0 Å². The third-order valence-corrected chi connectivity index (χ3v) is 1.45. The van der Waals surface area contributed by atoms with Crippen LogP contribution >= 0.6 is 0 Å². The summed E-state index contributed by atoms with van der Waals surface area (Å²) in [5.41, 5.74) is 5.29. The molecule has 0 bridgehead atoms. The van der Waals surface area contributed by atoms with Crippen molar-refractivity contribution in [1.82, 2.24) is 5.32 Å². The Hall–Kier alpha value is -0.900. The normalized spacial score (nSPS) is 14.9. The average molecular weight is 171 g/mol. The predicted molar refractivity (Wildman–Crippen MR) is 46.2 cm³/mol. The molecule has 0 unspecified atom stereocenters. The van der Waals surface area contributed by atoms with Gasteiger partial charge < -0.3 is 11.1 Å². The van der Waals surface area contributed by atoms with E-state index in [9.17, 15) is 9.59 Å². The van der Waals surface area contributed by atoms with E-state index in [2.05, 4.69) is 5.32 Å². The summed E-state index contributed by atoms with van der Waals surface area (Å²) in [5.74, 6) is -0.309. The van der Waals surface area contributed by atoms with Crippen LogP contribution in [0.25, 0.3) is 0 Å². The Bertz CT molecular complexity index is 157. The predicted octanol–water partition coefficient (Wildman–Crippen LogP) is -0.272. The van der Waals surface area contributed by atoms with Crippen LogP contribution in [-0.4, -0.2) is 24.3 Å². The van der Waals surface area contributed by atoms with Gasteiger partial charge in [0.1, 0.15) is 0 Å². The van der Waals surface area contributed by atoms with Gasteiger partial charge in [-0.05, 0) is 13.3 Å². The van der Waals surface area contributed by atoms with Gasteiger partial charge in [-0.15, -0.1) is 0 Å². The summed E-state index contributed by atoms with van der Waals surface area (Å²) in [7, 11) is 0. The van der Waals surface area contributed by atoms with Gasteiger partial charge >= 0.3 is 0 Å². The lowest BCUT2D eigenvalue weighted by atomic mass is 10.2. The van der Waals surface area contributed by atoms with Crippen LogP contribution in [0.5, 0.6) is 0 Å². The number of rotatable bonds is 5. The summed E-state index contributed by atoms with van der Waals surface area (Å²) in [6.07, 6.45) is 3.20. The second kappa shape index (κ2) is 5.71. The molecule has 0 saturated heterocycles. The number of amides is 1. The van der Waals surface area contributed by atoms with Crippen molar-refractivity contribution in [3.05, 3.63) is 0 Å². The van der Waals surface area contributed by atoms with E-state index in [-0.39, 0.29) is 5.91 Å². The lowest BCUT2D eigenvalue weighted by Crippen LogP contribution is -2.44. The van der Waals surface area contributed by atoms with E-state index in [1.165, 1.54) is 0 Å². The molecule has 2 atom stereocenters. The van der Waals surface area contributed by atoms with Crippen LogP contribution in [0.4, 0.5) is 0 Å². The summed E-state index contributed by atoms with van der Waals surface area (Å²) < 4.78 is 0. The number of hydrogen-bond donors (Lipinski definition) is 2. The molecule has 0 aromatic heterocycles. The van der Waals surface area contributed by atoms with E-state index >= 15 is 0 Å². The Balaban J connectivity index is 3.85. The number of nitrogens with one attached hydrogen (secondary N) is 1. The van der Waals surface area contributed by atoms with Crippen molar-refractivity contribution in [2.45, 2.75) is 38.8 Å². The van der Waals surface area contributed by atoms with Crippen LogP contribution in [0.2, 0.25) is 0 Å². The van der Waals surface area contributed by atoms with E-state index in [1.807, 2.05) is 6.92 Å². The molecular formula is C8H15N2O2. The minimum atomic E-state index is -0.572. The maximum Gasteiger partial charge on any atom is 0.237 e.